The summed E-state index contributed by atoms with van der Waals surface area (Å²) in [5.74, 6) is 0.0554. The fourth-order valence-electron chi connectivity index (χ4n) is 4.13. The molecular weight excluding hydrogens is 447 g/mol. The van der Waals surface area contributed by atoms with Crippen LogP contribution in [0.3, 0.4) is 0 Å². The quantitative estimate of drug-likeness (QED) is 0.576. The predicted octanol–water partition coefficient (Wildman–Crippen LogP) is 3.61. The van der Waals surface area contributed by atoms with Crippen molar-refractivity contribution in [1.29, 1.82) is 0 Å². The maximum Gasteiger partial charge on any atom is 0.416 e. The Hall–Kier alpha value is -2.78. The number of likely N-dealkylation sites (N-methyl/N-ethyl adjacent to an activating group) is 1. The van der Waals surface area contributed by atoms with Crippen LogP contribution in [0.2, 0.25) is 0 Å². The zero-order valence-electron chi connectivity index (χ0n) is 19.5. The number of benzene rings is 2. The predicted molar refractivity (Wildman–Crippen MR) is 123 cm³/mol. The number of nitrogens with one attached hydrogen (secondary N) is 1. The second-order valence-electron chi connectivity index (χ2n) is 9.09. The van der Waals surface area contributed by atoms with Crippen LogP contribution in [0.5, 0.6) is 11.5 Å². The van der Waals surface area contributed by atoms with Gasteiger partial charge in [-0.15, -0.1) is 0 Å². The molecule has 0 unspecified atom stereocenters. The molecule has 0 aromatic heterocycles. The number of aromatic hydroxyl groups is 1. The van der Waals surface area contributed by atoms with E-state index in [2.05, 4.69) is 10.2 Å². The van der Waals surface area contributed by atoms with E-state index < -0.39 is 11.7 Å². The normalized spacial score (nSPS) is 19.2. The lowest BCUT2D eigenvalue weighted by molar-refractivity contribution is -0.137. The molecule has 0 saturated carbocycles. The molecule has 1 heterocycles. The summed E-state index contributed by atoms with van der Waals surface area (Å²) in [6.45, 7) is 3.33. The number of phenolic OH excluding ortho intramolecular Hbond substituents is 1. The molecule has 1 saturated heterocycles. The van der Waals surface area contributed by atoms with E-state index in [1.54, 1.807) is 12.1 Å². The minimum atomic E-state index is -4.43. The smallest absolute Gasteiger partial charge is 0.416 e. The minimum Gasteiger partial charge on any atom is -0.508 e. The highest BCUT2D eigenvalue weighted by molar-refractivity contribution is 5.79. The largest absolute Gasteiger partial charge is 0.508 e. The first-order valence-electron chi connectivity index (χ1n) is 11.3. The van der Waals surface area contributed by atoms with E-state index in [9.17, 15) is 23.1 Å². The van der Waals surface area contributed by atoms with Crippen molar-refractivity contribution in [2.75, 3.05) is 46.9 Å². The highest BCUT2D eigenvalue weighted by Gasteiger charge is 2.33. The third kappa shape index (κ3) is 7.92. The highest BCUT2D eigenvalue weighted by Crippen LogP contribution is 2.32. The number of halogens is 3. The monoisotopic (exact) mass is 479 g/mol. The van der Waals surface area contributed by atoms with Gasteiger partial charge in [-0.3, -0.25) is 9.69 Å². The lowest BCUT2D eigenvalue weighted by Gasteiger charge is -2.37. The fourth-order valence-corrected chi connectivity index (χ4v) is 4.13. The van der Waals surface area contributed by atoms with Crippen LogP contribution in [-0.4, -0.2) is 67.7 Å². The van der Waals surface area contributed by atoms with E-state index in [1.165, 1.54) is 12.1 Å². The molecule has 1 aliphatic rings. The molecule has 2 atom stereocenters. The molecule has 6 nitrogen and oxygen atoms in total. The van der Waals surface area contributed by atoms with Gasteiger partial charge < -0.3 is 20.1 Å². The molecule has 186 valence electrons. The van der Waals surface area contributed by atoms with Crippen molar-refractivity contribution < 1.29 is 27.8 Å². The maximum atomic E-state index is 13.0. The van der Waals surface area contributed by atoms with Crippen molar-refractivity contribution in [3.05, 3.63) is 59.7 Å². The van der Waals surface area contributed by atoms with Gasteiger partial charge in [-0.1, -0.05) is 18.2 Å². The number of rotatable bonds is 9. The highest BCUT2D eigenvalue weighted by atomic mass is 19.4. The number of alkyl halides is 3. The van der Waals surface area contributed by atoms with Crippen molar-refractivity contribution in [1.82, 2.24) is 15.1 Å². The topological polar surface area (TPSA) is 65.0 Å². The molecule has 2 aromatic carbocycles. The number of likely N-dealkylation sites (tertiary alicyclic amines) is 1. The van der Waals surface area contributed by atoms with Crippen LogP contribution in [0.25, 0.3) is 0 Å². The molecule has 0 spiro atoms. The van der Waals surface area contributed by atoms with Gasteiger partial charge in [0.2, 0.25) is 5.91 Å². The zero-order chi connectivity index (χ0) is 24.7. The average Bonchev–Trinajstić information content (AvgIpc) is 2.78. The molecule has 3 rings (SSSR count). The first-order chi connectivity index (χ1) is 16.1. The summed E-state index contributed by atoms with van der Waals surface area (Å²) in [4.78, 5) is 17.0. The fraction of sp³-hybridized carbons (Fsp3) is 0.480. The Kier molecular flexibility index (Phi) is 8.79. The summed E-state index contributed by atoms with van der Waals surface area (Å²) in [6.07, 6.45) is -3.83. The van der Waals surface area contributed by atoms with E-state index in [4.69, 9.17) is 4.74 Å². The van der Waals surface area contributed by atoms with E-state index in [1.807, 2.05) is 31.1 Å². The third-order valence-corrected chi connectivity index (χ3v) is 5.83. The molecule has 1 fully saturated rings. The second kappa shape index (κ2) is 11.6. The van der Waals surface area contributed by atoms with Crippen molar-refractivity contribution >= 4 is 5.91 Å². The van der Waals surface area contributed by atoms with Crippen molar-refractivity contribution in [2.45, 2.75) is 19.1 Å². The summed E-state index contributed by atoms with van der Waals surface area (Å²) in [7, 11) is 3.88. The van der Waals surface area contributed by atoms with Gasteiger partial charge in [0.15, 0.2) is 0 Å². The number of ether oxygens (including phenoxy) is 1. The molecule has 2 aromatic rings. The summed E-state index contributed by atoms with van der Waals surface area (Å²) >= 11 is 0. The molecule has 0 bridgehead atoms. The van der Waals surface area contributed by atoms with Gasteiger partial charge in [0.25, 0.3) is 0 Å². The zero-order valence-corrected chi connectivity index (χ0v) is 19.5. The minimum absolute atomic E-state index is 0.0231. The van der Waals surface area contributed by atoms with Gasteiger partial charge in [-0.05, 0) is 56.4 Å². The van der Waals surface area contributed by atoms with E-state index in [0.29, 0.717) is 32.6 Å². The Morgan fingerprint density at radius 1 is 1.18 bits per heavy atom. The van der Waals surface area contributed by atoms with Crippen LogP contribution < -0.4 is 10.1 Å². The van der Waals surface area contributed by atoms with Crippen LogP contribution in [0, 0.1) is 11.8 Å². The Bertz CT molecular complexity index is 935. The lowest BCUT2D eigenvalue weighted by Crippen LogP contribution is -2.48. The average molecular weight is 480 g/mol. The summed E-state index contributed by atoms with van der Waals surface area (Å²) in [5, 5.41) is 12.5. The van der Waals surface area contributed by atoms with E-state index in [-0.39, 0.29) is 35.8 Å². The number of hydrogen-bond acceptors (Lipinski definition) is 5. The number of nitrogens with zero attached hydrogens (tertiary/aromatic N) is 2. The molecule has 1 amide bonds. The lowest BCUT2D eigenvalue weighted by atomic mass is 9.88. The Morgan fingerprint density at radius 3 is 2.59 bits per heavy atom. The number of hydrogen-bond donors (Lipinski definition) is 2. The van der Waals surface area contributed by atoms with Gasteiger partial charge in [0.05, 0.1) is 18.1 Å². The van der Waals surface area contributed by atoms with Crippen molar-refractivity contribution in [3.63, 3.8) is 0 Å². The first kappa shape index (κ1) is 25.8. The maximum absolute atomic E-state index is 13.0. The number of phenols is 1. The Morgan fingerprint density at radius 2 is 1.91 bits per heavy atom. The second-order valence-corrected chi connectivity index (χ2v) is 9.09. The summed E-state index contributed by atoms with van der Waals surface area (Å²) in [6, 6.07) is 11.8. The van der Waals surface area contributed by atoms with E-state index in [0.717, 1.165) is 24.2 Å². The Balaban J connectivity index is 1.66. The van der Waals surface area contributed by atoms with Gasteiger partial charge in [-0.2, -0.15) is 13.2 Å². The SMILES string of the molecule is CN(C)CCNC(=O)[C@@H]1C[C@H](COc2cccc(C(F)(F)F)c2)CN(Cc2ccc(O)cc2)C1. The number of carbonyl (C=O) groups is 1. The number of piperidine rings is 1. The molecular formula is C25H32F3N3O3. The van der Waals surface area contributed by atoms with Crippen LogP contribution in [-0.2, 0) is 17.5 Å². The van der Waals surface area contributed by atoms with Crippen LogP contribution >= 0.6 is 0 Å². The van der Waals surface area contributed by atoms with Crippen molar-refractivity contribution in [2.24, 2.45) is 11.8 Å². The summed E-state index contributed by atoms with van der Waals surface area (Å²) in [5.41, 5.74) is 0.254. The van der Waals surface area contributed by atoms with E-state index >= 15 is 0 Å². The van der Waals surface area contributed by atoms with Crippen LogP contribution in [0.15, 0.2) is 48.5 Å². The molecule has 2 N–H and O–H groups in total. The molecule has 0 radical (unpaired) electrons. The van der Waals surface area contributed by atoms with Gasteiger partial charge in [0.1, 0.15) is 11.5 Å². The first-order valence-corrected chi connectivity index (χ1v) is 11.3. The number of carbonyl (C=O) groups excluding carboxylic acids is 1. The Labute approximate surface area is 198 Å². The molecule has 0 aliphatic carbocycles. The van der Waals surface area contributed by atoms with Crippen molar-refractivity contribution in [3.8, 4) is 11.5 Å². The van der Waals surface area contributed by atoms with Crippen LogP contribution in [0.1, 0.15) is 17.5 Å². The van der Waals surface area contributed by atoms with Gasteiger partial charge in [-0.25, -0.2) is 0 Å². The standard InChI is InChI=1S/C25H32F3N3O3/c1-30(2)11-10-29-24(33)20-12-19(15-31(16-20)14-18-6-8-22(32)9-7-18)17-34-23-5-3-4-21(13-23)25(26,27)28/h3-9,13,19-20,32H,10-12,14-17H2,1-2H3,(H,29,33)/t19-,20+/m0/s1. The molecule has 34 heavy (non-hydrogen) atoms. The number of amides is 1. The molecule has 1 aliphatic heterocycles. The summed E-state index contributed by atoms with van der Waals surface area (Å²) < 4.78 is 44.8. The van der Waals surface area contributed by atoms with Gasteiger partial charge >= 0.3 is 6.18 Å². The van der Waals surface area contributed by atoms with Crippen LogP contribution in [0.4, 0.5) is 13.2 Å². The third-order valence-electron chi connectivity index (χ3n) is 5.83. The van der Waals surface area contributed by atoms with Gasteiger partial charge in [0, 0.05) is 38.6 Å². The molecule has 9 heteroatoms.